The van der Waals surface area contributed by atoms with Gasteiger partial charge in [-0.25, -0.2) is 0 Å². The van der Waals surface area contributed by atoms with Gasteiger partial charge in [-0.3, -0.25) is 9.00 Å². The first-order valence-electron chi connectivity index (χ1n) is 6.12. The summed E-state index contributed by atoms with van der Waals surface area (Å²) >= 11 is 0. The molecule has 0 spiro atoms. The smallest absolute Gasteiger partial charge is 0.224 e. The average Bonchev–Trinajstić information content (AvgIpc) is 2.33. The molecule has 0 radical (unpaired) electrons. The predicted octanol–water partition coefficient (Wildman–Crippen LogP) is 0.0133. The lowest BCUT2D eigenvalue weighted by Crippen LogP contribution is -2.46. The van der Waals surface area contributed by atoms with Gasteiger partial charge in [-0.1, -0.05) is 0 Å². The molecule has 2 N–H and O–H groups in total. The molecule has 2 saturated heterocycles. The van der Waals surface area contributed by atoms with Gasteiger partial charge in [-0.05, 0) is 32.2 Å². The lowest BCUT2D eigenvalue weighted by Gasteiger charge is -2.27. The molecular weight excluding hydrogens is 224 g/mol. The molecule has 2 aliphatic rings. The molecular formula is C11H20N2O2S. The maximum absolute atomic E-state index is 11.9. The second-order valence-electron chi connectivity index (χ2n) is 4.67. The zero-order valence-corrected chi connectivity index (χ0v) is 10.4. The molecule has 0 aromatic rings. The monoisotopic (exact) mass is 244 g/mol. The first-order valence-corrected chi connectivity index (χ1v) is 7.60. The summed E-state index contributed by atoms with van der Waals surface area (Å²) in [5, 5.41) is 6.35. The van der Waals surface area contributed by atoms with E-state index < -0.39 is 10.8 Å². The van der Waals surface area contributed by atoms with Gasteiger partial charge in [0.2, 0.25) is 5.91 Å². The van der Waals surface area contributed by atoms with Crippen molar-refractivity contribution in [1.29, 1.82) is 0 Å². The Morgan fingerprint density at radius 3 is 2.62 bits per heavy atom. The van der Waals surface area contributed by atoms with Crippen molar-refractivity contribution < 1.29 is 9.00 Å². The van der Waals surface area contributed by atoms with Gasteiger partial charge in [-0.15, -0.1) is 0 Å². The third-order valence-electron chi connectivity index (χ3n) is 3.40. The highest BCUT2D eigenvalue weighted by Crippen LogP contribution is 2.13. The quantitative estimate of drug-likeness (QED) is 0.719. The van der Waals surface area contributed by atoms with E-state index >= 15 is 0 Å². The fraction of sp³-hybridized carbons (Fsp3) is 0.909. The van der Waals surface area contributed by atoms with Crippen molar-refractivity contribution in [2.45, 2.75) is 31.7 Å². The summed E-state index contributed by atoms with van der Waals surface area (Å²) in [5.74, 6) is 1.81. The minimum atomic E-state index is -0.644. The van der Waals surface area contributed by atoms with Crippen molar-refractivity contribution in [2.24, 2.45) is 5.92 Å². The van der Waals surface area contributed by atoms with E-state index in [4.69, 9.17) is 0 Å². The molecule has 16 heavy (non-hydrogen) atoms. The van der Waals surface area contributed by atoms with Gasteiger partial charge in [-0.2, -0.15) is 0 Å². The number of piperidine rings is 1. The van der Waals surface area contributed by atoms with E-state index in [0.717, 1.165) is 50.3 Å². The van der Waals surface area contributed by atoms with Crippen molar-refractivity contribution in [3.05, 3.63) is 0 Å². The normalized spacial score (nSPS) is 35.6. The van der Waals surface area contributed by atoms with E-state index in [2.05, 4.69) is 10.6 Å². The van der Waals surface area contributed by atoms with Crippen LogP contribution in [-0.2, 0) is 15.6 Å². The van der Waals surface area contributed by atoms with Crippen LogP contribution in [0.1, 0.15) is 25.7 Å². The Morgan fingerprint density at radius 2 is 2.00 bits per heavy atom. The van der Waals surface area contributed by atoms with Gasteiger partial charge in [0.1, 0.15) is 0 Å². The zero-order chi connectivity index (χ0) is 11.4. The molecule has 1 unspecified atom stereocenters. The highest BCUT2D eigenvalue weighted by atomic mass is 32.2. The Labute approximate surface area is 99.0 Å². The van der Waals surface area contributed by atoms with Crippen LogP contribution in [0.3, 0.4) is 0 Å². The molecule has 92 valence electrons. The van der Waals surface area contributed by atoms with Crippen LogP contribution in [0.25, 0.3) is 0 Å². The van der Waals surface area contributed by atoms with E-state index in [-0.39, 0.29) is 17.9 Å². The van der Waals surface area contributed by atoms with Crippen LogP contribution in [0.2, 0.25) is 0 Å². The highest BCUT2D eigenvalue weighted by Gasteiger charge is 2.25. The lowest BCUT2D eigenvalue weighted by atomic mass is 9.98. The molecule has 1 amide bonds. The van der Waals surface area contributed by atoms with Gasteiger partial charge < -0.3 is 10.6 Å². The van der Waals surface area contributed by atoms with E-state index in [1.54, 1.807) is 0 Å². The highest BCUT2D eigenvalue weighted by molar-refractivity contribution is 7.85. The Balaban J connectivity index is 1.75. The first kappa shape index (κ1) is 12.0. The van der Waals surface area contributed by atoms with Crippen molar-refractivity contribution >= 4 is 16.7 Å². The molecule has 2 rings (SSSR count). The Kier molecular flexibility index (Phi) is 4.35. The maximum Gasteiger partial charge on any atom is 0.224 e. The summed E-state index contributed by atoms with van der Waals surface area (Å²) in [6.45, 7) is 1.84. The minimum absolute atomic E-state index is 0.140. The van der Waals surface area contributed by atoms with Gasteiger partial charge in [0, 0.05) is 34.9 Å². The van der Waals surface area contributed by atoms with Crippen molar-refractivity contribution in [3.8, 4) is 0 Å². The SMILES string of the molecule is O=C(NC1CCS(=O)CC1)C1CCCNC1. The fourth-order valence-corrected chi connectivity index (χ4v) is 3.63. The van der Waals surface area contributed by atoms with Gasteiger partial charge >= 0.3 is 0 Å². The van der Waals surface area contributed by atoms with Crippen LogP contribution < -0.4 is 10.6 Å². The Hall–Kier alpha value is -0.420. The maximum atomic E-state index is 11.9. The standard InChI is InChI=1S/C11H20N2O2S/c14-11(9-2-1-5-12-8-9)13-10-3-6-16(15)7-4-10/h9-10,12H,1-8H2,(H,13,14). The Bertz CT molecular complexity index is 267. The van der Waals surface area contributed by atoms with Crippen LogP contribution in [0, 0.1) is 5.92 Å². The van der Waals surface area contributed by atoms with Crippen LogP contribution in [0.5, 0.6) is 0 Å². The van der Waals surface area contributed by atoms with Gasteiger partial charge in [0.05, 0.1) is 5.92 Å². The molecule has 0 aromatic carbocycles. The molecule has 4 nitrogen and oxygen atoms in total. The molecule has 1 atom stereocenters. The first-order chi connectivity index (χ1) is 7.75. The molecule has 2 fully saturated rings. The van der Waals surface area contributed by atoms with E-state index in [9.17, 15) is 9.00 Å². The summed E-state index contributed by atoms with van der Waals surface area (Å²) in [6, 6.07) is 0.257. The van der Waals surface area contributed by atoms with Gasteiger partial charge in [0.15, 0.2) is 0 Å². The zero-order valence-electron chi connectivity index (χ0n) is 9.54. The topological polar surface area (TPSA) is 58.2 Å². The van der Waals surface area contributed by atoms with E-state index in [1.165, 1.54) is 0 Å². The number of nitrogens with one attached hydrogen (secondary N) is 2. The molecule has 0 bridgehead atoms. The minimum Gasteiger partial charge on any atom is -0.353 e. The lowest BCUT2D eigenvalue weighted by molar-refractivity contribution is -0.126. The number of carbonyl (C=O) groups excluding carboxylic acids is 1. The van der Waals surface area contributed by atoms with Crippen LogP contribution in [-0.4, -0.2) is 40.8 Å². The van der Waals surface area contributed by atoms with Crippen molar-refractivity contribution in [2.75, 3.05) is 24.6 Å². The second kappa shape index (κ2) is 5.77. The summed E-state index contributed by atoms with van der Waals surface area (Å²) in [7, 11) is -0.644. The number of hydrogen-bond acceptors (Lipinski definition) is 3. The predicted molar refractivity (Wildman–Crippen MR) is 64.6 cm³/mol. The molecule has 0 saturated carbocycles. The number of amides is 1. The van der Waals surface area contributed by atoms with Crippen molar-refractivity contribution in [3.63, 3.8) is 0 Å². The third kappa shape index (κ3) is 3.28. The molecule has 0 aliphatic carbocycles. The average molecular weight is 244 g/mol. The van der Waals surface area contributed by atoms with E-state index in [0.29, 0.717) is 0 Å². The van der Waals surface area contributed by atoms with E-state index in [1.807, 2.05) is 0 Å². The Morgan fingerprint density at radius 1 is 1.25 bits per heavy atom. The number of carbonyl (C=O) groups is 1. The van der Waals surface area contributed by atoms with Gasteiger partial charge in [0.25, 0.3) is 0 Å². The molecule has 0 aromatic heterocycles. The molecule has 2 aliphatic heterocycles. The van der Waals surface area contributed by atoms with Crippen LogP contribution in [0.4, 0.5) is 0 Å². The van der Waals surface area contributed by atoms with Crippen molar-refractivity contribution in [1.82, 2.24) is 10.6 Å². The third-order valence-corrected chi connectivity index (χ3v) is 4.78. The largest absolute Gasteiger partial charge is 0.353 e. The molecule has 2 heterocycles. The summed E-state index contributed by atoms with van der Waals surface area (Å²) in [5.41, 5.74) is 0. The fourth-order valence-electron chi connectivity index (χ4n) is 2.33. The molecule has 5 heteroatoms. The second-order valence-corrected chi connectivity index (χ2v) is 6.37. The summed E-state index contributed by atoms with van der Waals surface area (Å²) < 4.78 is 11.2. The summed E-state index contributed by atoms with van der Waals surface area (Å²) in [4.78, 5) is 11.9. The summed E-state index contributed by atoms with van der Waals surface area (Å²) in [6.07, 6.45) is 3.83. The van der Waals surface area contributed by atoms with Crippen LogP contribution >= 0.6 is 0 Å². The van der Waals surface area contributed by atoms with Crippen LogP contribution in [0.15, 0.2) is 0 Å². The number of rotatable bonds is 2. The number of hydrogen-bond donors (Lipinski definition) is 2.